The Labute approximate surface area is 114 Å². The second kappa shape index (κ2) is 6.40. The number of aliphatic carboxylic acids is 1. The van der Waals surface area contributed by atoms with Crippen LogP contribution in [-0.4, -0.2) is 22.6 Å². The molecule has 2 fully saturated rings. The van der Waals surface area contributed by atoms with Crippen LogP contribution in [0.25, 0.3) is 0 Å². The van der Waals surface area contributed by atoms with Gasteiger partial charge in [-0.2, -0.15) is 0 Å². The van der Waals surface area contributed by atoms with E-state index < -0.39 is 18.4 Å². The van der Waals surface area contributed by atoms with Crippen LogP contribution in [0.4, 0.5) is 0 Å². The molecular formula is C15H24O4. The van der Waals surface area contributed by atoms with Crippen LogP contribution in [0, 0.1) is 5.92 Å². The number of hydrogen-bond donors (Lipinski definition) is 1. The third-order valence-corrected chi connectivity index (χ3v) is 4.66. The molecule has 0 aromatic carbocycles. The normalized spacial score (nSPS) is 23.8. The quantitative estimate of drug-likeness (QED) is 0.627. The van der Waals surface area contributed by atoms with E-state index in [9.17, 15) is 9.59 Å². The molecule has 4 nitrogen and oxygen atoms in total. The smallest absolute Gasteiger partial charge is 0.317 e. The highest BCUT2D eigenvalue weighted by molar-refractivity contribution is 5.90. The number of rotatable bonds is 4. The molecule has 0 unspecified atom stereocenters. The Bertz CT molecular complexity index is 325. The van der Waals surface area contributed by atoms with Crippen LogP contribution in [0.1, 0.15) is 70.6 Å². The summed E-state index contributed by atoms with van der Waals surface area (Å²) in [6.45, 7) is 0. The molecule has 108 valence electrons. The molecule has 2 rings (SSSR count). The van der Waals surface area contributed by atoms with E-state index in [-0.39, 0.29) is 5.60 Å². The number of carbonyl (C=O) groups is 2. The van der Waals surface area contributed by atoms with Gasteiger partial charge in [0.25, 0.3) is 0 Å². The van der Waals surface area contributed by atoms with E-state index in [1.54, 1.807) is 0 Å². The van der Waals surface area contributed by atoms with Gasteiger partial charge in [0, 0.05) is 0 Å². The van der Waals surface area contributed by atoms with Crippen molar-refractivity contribution in [2.75, 3.05) is 0 Å². The zero-order valence-electron chi connectivity index (χ0n) is 11.5. The molecule has 0 saturated heterocycles. The summed E-state index contributed by atoms with van der Waals surface area (Å²) in [5, 5.41) is 8.71. The van der Waals surface area contributed by atoms with Crippen LogP contribution in [0.2, 0.25) is 0 Å². The van der Waals surface area contributed by atoms with Crippen LogP contribution >= 0.6 is 0 Å². The summed E-state index contributed by atoms with van der Waals surface area (Å²) < 4.78 is 5.71. The molecule has 0 aliphatic heterocycles. The van der Waals surface area contributed by atoms with Gasteiger partial charge in [-0.05, 0) is 44.4 Å². The minimum Gasteiger partial charge on any atom is -0.481 e. The lowest BCUT2D eigenvalue weighted by Crippen LogP contribution is -2.45. The standard InChI is InChI=1S/C15H24O4/c16-13(17)11-14(18)19-15(9-5-2-6-10-15)12-7-3-1-4-8-12/h12H,1-11H2,(H,16,17). The Kier molecular flexibility index (Phi) is 4.83. The van der Waals surface area contributed by atoms with Gasteiger partial charge >= 0.3 is 11.9 Å². The van der Waals surface area contributed by atoms with Gasteiger partial charge < -0.3 is 9.84 Å². The van der Waals surface area contributed by atoms with Crippen LogP contribution in [0.15, 0.2) is 0 Å². The Morgan fingerprint density at radius 1 is 1.00 bits per heavy atom. The van der Waals surface area contributed by atoms with Crippen molar-refractivity contribution in [3.05, 3.63) is 0 Å². The molecule has 0 aromatic rings. The van der Waals surface area contributed by atoms with Crippen molar-refractivity contribution >= 4 is 11.9 Å². The van der Waals surface area contributed by atoms with Crippen molar-refractivity contribution in [2.45, 2.75) is 76.2 Å². The van der Waals surface area contributed by atoms with E-state index in [0.29, 0.717) is 5.92 Å². The summed E-state index contributed by atoms with van der Waals surface area (Å²) in [5.41, 5.74) is -0.356. The lowest BCUT2D eigenvalue weighted by Gasteiger charge is -2.44. The van der Waals surface area contributed by atoms with Crippen LogP contribution < -0.4 is 0 Å². The van der Waals surface area contributed by atoms with E-state index in [1.165, 1.54) is 25.7 Å². The van der Waals surface area contributed by atoms with Gasteiger partial charge in [0.15, 0.2) is 0 Å². The maximum Gasteiger partial charge on any atom is 0.317 e. The zero-order valence-corrected chi connectivity index (χ0v) is 11.5. The molecule has 0 bridgehead atoms. The average Bonchev–Trinajstić information content (AvgIpc) is 2.40. The van der Waals surface area contributed by atoms with E-state index >= 15 is 0 Å². The number of esters is 1. The van der Waals surface area contributed by atoms with E-state index in [2.05, 4.69) is 0 Å². The SMILES string of the molecule is O=C(O)CC(=O)OC1(C2CCCCC2)CCCCC1. The van der Waals surface area contributed by atoms with Crippen molar-refractivity contribution in [1.29, 1.82) is 0 Å². The molecule has 0 aromatic heterocycles. The fourth-order valence-electron chi connectivity index (χ4n) is 3.76. The van der Waals surface area contributed by atoms with E-state index in [4.69, 9.17) is 9.84 Å². The lowest BCUT2D eigenvalue weighted by atomic mass is 9.69. The lowest BCUT2D eigenvalue weighted by molar-refractivity contribution is -0.175. The van der Waals surface area contributed by atoms with Gasteiger partial charge in [0.1, 0.15) is 12.0 Å². The zero-order chi connectivity index (χ0) is 13.7. The molecule has 4 heteroatoms. The first-order chi connectivity index (χ1) is 9.12. The monoisotopic (exact) mass is 268 g/mol. The second-order valence-electron chi connectivity index (χ2n) is 6.00. The first kappa shape index (κ1) is 14.4. The molecule has 0 heterocycles. The molecule has 0 spiro atoms. The topological polar surface area (TPSA) is 63.6 Å². The minimum absolute atomic E-state index is 0.356. The number of carboxylic acid groups (broad SMARTS) is 1. The van der Waals surface area contributed by atoms with Crippen LogP contribution in [0.5, 0.6) is 0 Å². The summed E-state index contributed by atoms with van der Waals surface area (Å²) in [6, 6.07) is 0. The van der Waals surface area contributed by atoms with Gasteiger partial charge in [-0.3, -0.25) is 9.59 Å². The van der Waals surface area contributed by atoms with Crippen molar-refractivity contribution in [1.82, 2.24) is 0 Å². The van der Waals surface area contributed by atoms with Crippen molar-refractivity contribution in [3.63, 3.8) is 0 Å². The maximum absolute atomic E-state index is 11.8. The first-order valence-corrected chi connectivity index (χ1v) is 7.56. The molecule has 2 aliphatic rings. The van der Waals surface area contributed by atoms with Crippen LogP contribution in [-0.2, 0) is 14.3 Å². The van der Waals surface area contributed by atoms with Gasteiger partial charge in [-0.25, -0.2) is 0 Å². The van der Waals surface area contributed by atoms with Gasteiger partial charge in [-0.1, -0.05) is 25.7 Å². The van der Waals surface area contributed by atoms with E-state index in [0.717, 1.165) is 38.5 Å². The number of carbonyl (C=O) groups excluding carboxylic acids is 1. The summed E-state index contributed by atoms with van der Waals surface area (Å²) in [7, 11) is 0. The molecular weight excluding hydrogens is 244 g/mol. The third-order valence-electron chi connectivity index (χ3n) is 4.66. The Balaban J connectivity index is 2.05. The third kappa shape index (κ3) is 3.71. The van der Waals surface area contributed by atoms with Gasteiger partial charge in [-0.15, -0.1) is 0 Å². The Morgan fingerprint density at radius 2 is 1.58 bits per heavy atom. The summed E-state index contributed by atoms with van der Waals surface area (Å²) in [6.07, 6.45) is 10.7. The number of hydrogen-bond acceptors (Lipinski definition) is 3. The average molecular weight is 268 g/mol. The van der Waals surface area contributed by atoms with Gasteiger partial charge in [0.2, 0.25) is 0 Å². The molecule has 2 aliphatic carbocycles. The fraction of sp³-hybridized carbons (Fsp3) is 0.867. The highest BCUT2D eigenvalue weighted by Crippen LogP contribution is 2.44. The molecule has 2 saturated carbocycles. The highest BCUT2D eigenvalue weighted by atomic mass is 16.6. The summed E-state index contributed by atoms with van der Waals surface area (Å²) >= 11 is 0. The van der Waals surface area contributed by atoms with Gasteiger partial charge in [0.05, 0.1) is 0 Å². The van der Waals surface area contributed by atoms with Crippen molar-refractivity contribution < 1.29 is 19.4 Å². The molecule has 0 radical (unpaired) electrons. The predicted octanol–water partition coefficient (Wildman–Crippen LogP) is 3.29. The number of ether oxygens (including phenoxy) is 1. The number of carboxylic acids is 1. The largest absolute Gasteiger partial charge is 0.481 e. The summed E-state index contributed by atoms with van der Waals surface area (Å²) in [5.74, 6) is -1.21. The van der Waals surface area contributed by atoms with E-state index in [1.807, 2.05) is 0 Å². The maximum atomic E-state index is 11.8. The van der Waals surface area contributed by atoms with Crippen molar-refractivity contribution in [2.24, 2.45) is 5.92 Å². The first-order valence-electron chi connectivity index (χ1n) is 7.56. The molecule has 19 heavy (non-hydrogen) atoms. The van der Waals surface area contributed by atoms with Crippen LogP contribution in [0.3, 0.4) is 0 Å². The molecule has 1 N–H and O–H groups in total. The molecule has 0 amide bonds. The Morgan fingerprint density at radius 3 is 2.16 bits per heavy atom. The second-order valence-corrected chi connectivity index (χ2v) is 6.00. The highest BCUT2D eigenvalue weighted by Gasteiger charge is 2.43. The van der Waals surface area contributed by atoms with Crippen molar-refractivity contribution in [3.8, 4) is 0 Å². The predicted molar refractivity (Wildman–Crippen MR) is 70.7 cm³/mol. The molecule has 0 atom stereocenters. The minimum atomic E-state index is -1.10. The Hall–Kier alpha value is -1.06. The fourth-order valence-corrected chi connectivity index (χ4v) is 3.76. The summed E-state index contributed by atoms with van der Waals surface area (Å²) in [4.78, 5) is 22.4.